The van der Waals surface area contributed by atoms with E-state index in [1.165, 1.54) is 6.07 Å². The molecule has 0 heterocycles. The molecule has 0 fully saturated rings. The van der Waals surface area contributed by atoms with Crippen LogP contribution in [0.15, 0.2) is 47.4 Å². The van der Waals surface area contributed by atoms with Gasteiger partial charge >= 0.3 is 0 Å². The van der Waals surface area contributed by atoms with Gasteiger partial charge in [0.1, 0.15) is 6.61 Å². The lowest BCUT2D eigenvalue weighted by molar-refractivity contribution is -0.0437. The van der Waals surface area contributed by atoms with Crippen molar-refractivity contribution in [1.82, 2.24) is 4.72 Å². The molecule has 0 aromatic heterocycles. The maximum atomic E-state index is 12.9. The van der Waals surface area contributed by atoms with Crippen molar-refractivity contribution in [2.45, 2.75) is 10.8 Å². The highest BCUT2D eigenvalue weighted by molar-refractivity contribution is 7.89. The van der Waals surface area contributed by atoms with Gasteiger partial charge in [0, 0.05) is 5.39 Å². The smallest absolute Gasteiger partial charge is 0.283 e. The summed E-state index contributed by atoms with van der Waals surface area (Å²) in [5.41, 5.74) is 0. The topological polar surface area (TPSA) is 66.4 Å². The lowest BCUT2D eigenvalue weighted by atomic mass is 10.1. The number of halogens is 2. The third-order valence-corrected chi connectivity index (χ3v) is 4.25. The van der Waals surface area contributed by atoms with E-state index in [0.29, 0.717) is 10.8 Å². The third kappa shape index (κ3) is 3.12. The lowest BCUT2D eigenvalue weighted by Crippen LogP contribution is -2.39. The second-order valence-corrected chi connectivity index (χ2v) is 6.05. The summed E-state index contributed by atoms with van der Waals surface area (Å²) >= 11 is 0. The van der Waals surface area contributed by atoms with E-state index in [1.807, 2.05) is 4.72 Å². The minimum Gasteiger partial charge on any atom is -0.390 e. The molecule has 0 atom stereocenters. The zero-order chi connectivity index (χ0) is 14.8. The fourth-order valence-corrected chi connectivity index (χ4v) is 3.05. The Hall–Kier alpha value is -1.57. The second kappa shape index (κ2) is 5.43. The van der Waals surface area contributed by atoms with E-state index in [1.54, 1.807) is 36.4 Å². The lowest BCUT2D eigenvalue weighted by Gasteiger charge is -2.15. The predicted molar refractivity (Wildman–Crippen MR) is 71.2 cm³/mol. The Bertz CT molecular complexity index is 711. The van der Waals surface area contributed by atoms with Crippen LogP contribution in [0.25, 0.3) is 10.8 Å². The van der Waals surface area contributed by atoms with E-state index in [-0.39, 0.29) is 4.90 Å². The Balaban J connectivity index is 2.38. The zero-order valence-electron chi connectivity index (χ0n) is 10.4. The number of sulfonamides is 1. The van der Waals surface area contributed by atoms with E-state index in [4.69, 9.17) is 5.11 Å². The Kier molecular flexibility index (Phi) is 4.03. The summed E-state index contributed by atoms with van der Waals surface area (Å²) < 4.78 is 51.9. The second-order valence-electron chi connectivity index (χ2n) is 4.32. The highest BCUT2D eigenvalue weighted by Crippen LogP contribution is 2.23. The number of aliphatic hydroxyl groups is 1. The van der Waals surface area contributed by atoms with Gasteiger partial charge in [-0.1, -0.05) is 36.4 Å². The van der Waals surface area contributed by atoms with Gasteiger partial charge in [-0.05, 0) is 11.5 Å². The first-order chi connectivity index (χ1) is 9.36. The monoisotopic (exact) mass is 301 g/mol. The van der Waals surface area contributed by atoms with Gasteiger partial charge in [0.2, 0.25) is 10.0 Å². The van der Waals surface area contributed by atoms with Gasteiger partial charge in [-0.2, -0.15) is 0 Å². The molecule has 108 valence electrons. The van der Waals surface area contributed by atoms with Crippen molar-refractivity contribution in [3.05, 3.63) is 42.5 Å². The maximum Gasteiger partial charge on any atom is 0.283 e. The van der Waals surface area contributed by atoms with Gasteiger partial charge in [0.25, 0.3) is 5.92 Å². The van der Waals surface area contributed by atoms with Crippen LogP contribution in [0.5, 0.6) is 0 Å². The van der Waals surface area contributed by atoms with Crippen LogP contribution < -0.4 is 4.72 Å². The van der Waals surface area contributed by atoms with Crippen molar-refractivity contribution in [3.63, 3.8) is 0 Å². The summed E-state index contributed by atoms with van der Waals surface area (Å²) in [7, 11) is -4.07. The predicted octanol–water partition coefficient (Wildman–Crippen LogP) is 1.75. The van der Waals surface area contributed by atoms with Crippen LogP contribution in [0.4, 0.5) is 8.78 Å². The molecule has 4 nitrogen and oxygen atoms in total. The van der Waals surface area contributed by atoms with Crippen molar-refractivity contribution in [1.29, 1.82) is 0 Å². The molecule has 0 aliphatic carbocycles. The van der Waals surface area contributed by atoms with E-state index in [0.717, 1.165) is 0 Å². The number of hydrogen-bond donors (Lipinski definition) is 2. The van der Waals surface area contributed by atoms with Gasteiger partial charge in [-0.15, -0.1) is 0 Å². The molecule has 0 bridgehead atoms. The van der Waals surface area contributed by atoms with Crippen LogP contribution in [0, 0.1) is 0 Å². The van der Waals surface area contributed by atoms with E-state index in [9.17, 15) is 17.2 Å². The highest BCUT2D eigenvalue weighted by Gasteiger charge is 2.30. The Morgan fingerprint density at radius 1 is 1.10 bits per heavy atom. The molecule has 0 saturated carbocycles. The van der Waals surface area contributed by atoms with Crippen molar-refractivity contribution in [2.75, 3.05) is 13.2 Å². The summed E-state index contributed by atoms with van der Waals surface area (Å²) in [5.74, 6) is -3.49. The van der Waals surface area contributed by atoms with Crippen molar-refractivity contribution >= 4 is 20.8 Å². The molecule has 0 radical (unpaired) electrons. The normalized spacial score (nSPS) is 12.8. The van der Waals surface area contributed by atoms with E-state index >= 15 is 0 Å². The molecule has 0 saturated heterocycles. The molecule has 0 spiro atoms. The third-order valence-electron chi connectivity index (χ3n) is 2.79. The number of alkyl halides is 2. The van der Waals surface area contributed by atoms with Gasteiger partial charge in [0.05, 0.1) is 11.4 Å². The molecule has 7 heteroatoms. The van der Waals surface area contributed by atoms with Crippen molar-refractivity contribution in [2.24, 2.45) is 0 Å². The minimum atomic E-state index is -4.07. The number of hydrogen-bond acceptors (Lipinski definition) is 3. The summed E-state index contributed by atoms with van der Waals surface area (Å²) in [6, 6.07) is 11.4. The first-order valence-corrected chi connectivity index (χ1v) is 7.30. The Labute approximate surface area is 115 Å². The summed E-state index contributed by atoms with van der Waals surface area (Å²) in [4.78, 5) is -0.0654. The molecular weight excluding hydrogens is 288 g/mol. The van der Waals surface area contributed by atoms with Crippen molar-refractivity contribution in [3.8, 4) is 0 Å². The largest absolute Gasteiger partial charge is 0.390 e. The number of rotatable bonds is 5. The summed E-state index contributed by atoms with van der Waals surface area (Å²) in [6.45, 7) is -2.56. The molecule has 0 aliphatic rings. The summed E-state index contributed by atoms with van der Waals surface area (Å²) in [6.07, 6.45) is 0. The fraction of sp³-hybridized carbons (Fsp3) is 0.231. The van der Waals surface area contributed by atoms with Gasteiger partial charge in [0.15, 0.2) is 0 Å². The minimum absolute atomic E-state index is 0.0654. The molecule has 2 rings (SSSR count). The molecule has 2 aromatic carbocycles. The van der Waals surface area contributed by atoms with E-state index < -0.39 is 29.1 Å². The molecule has 0 aliphatic heterocycles. The number of aliphatic hydroxyl groups excluding tert-OH is 1. The standard InChI is InChI=1S/C13H13F2NO3S/c14-13(15,9-17)8-16-20(18,19)12-7-3-5-10-4-1-2-6-11(10)12/h1-7,16-17H,8-9H2. The van der Waals surface area contributed by atoms with E-state index in [2.05, 4.69) is 0 Å². The maximum absolute atomic E-state index is 12.9. The highest BCUT2D eigenvalue weighted by atomic mass is 32.2. The molecular formula is C13H13F2NO3S. The SMILES string of the molecule is O=S(=O)(NCC(F)(F)CO)c1cccc2ccccc12. The molecule has 2 N–H and O–H groups in total. The summed E-state index contributed by atoms with van der Waals surface area (Å²) in [5, 5.41) is 9.60. The number of benzene rings is 2. The van der Waals surface area contributed by atoms with Gasteiger partial charge in [-0.25, -0.2) is 21.9 Å². The van der Waals surface area contributed by atoms with Crippen LogP contribution >= 0.6 is 0 Å². The fourth-order valence-electron chi connectivity index (χ4n) is 1.76. The zero-order valence-corrected chi connectivity index (χ0v) is 11.2. The van der Waals surface area contributed by atoms with Crippen molar-refractivity contribution < 1.29 is 22.3 Å². The molecule has 0 amide bonds. The van der Waals surface area contributed by atoms with Crippen LogP contribution in [-0.2, 0) is 10.0 Å². The molecule has 20 heavy (non-hydrogen) atoms. The number of nitrogens with one attached hydrogen (secondary N) is 1. The van der Waals surface area contributed by atoms with Crippen LogP contribution in [0.2, 0.25) is 0 Å². The van der Waals surface area contributed by atoms with Crippen LogP contribution in [0.1, 0.15) is 0 Å². The van der Waals surface area contributed by atoms with Crippen LogP contribution in [0.3, 0.4) is 0 Å². The quantitative estimate of drug-likeness (QED) is 0.884. The Morgan fingerprint density at radius 3 is 2.45 bits per heavy atom. The van der Waals surface area contributed by atoms with Gasteiger partial charge in [-0.3, -0.25) is 0 Å². The van der Waals surface area contributed by atoms with Gasteiger partial charge < -0.3 is 5.11 Å². The average Bonchev–Trinajstić information content (AvgIpc) is 2.45. The molecule has 0 unspecified atom stereocenters. The first kappa shape index (κ1) is 14.8. The van der Waals surface area contributed by atoms with Crippen LogP contribution in [-0.4, -0.2) is 32.6 Å². The Morgan fingerprint density at radius 2 is 1.75 bits per heavy atom. The average molecular weight is 301 g/mol. The number of fused-ring (bicyclic) bond motifs is 1. The first-order valence-electron chi connectivity index (χ1n) is 5.82. The molecule has 2 aromatic rings.